The molecule has 6 nitrogen and oxygen atoms in total. The Hall–Kier alpha value is -1.18. The highest BCUT2D eigenvalue weighted by Gasteiger charge is 2.16. The molecule has 0 aliphatic carbocycles. The van der Waals surface area contributed by atoms with E-state index in [9.17, 15) is 8.42 Å². The monoisotopic (exact) mass is 300 g/mol. The Morgan fingerprint density at radius 3 is 2.60 bits per heavy atom. The number of rotatable bonds is 8. The van der Waals surface area contributed by atoms with Crippen LogP contribution in [0.1, 0.15) is 25.3 Å². The highest BCUT2D eigenvalue weighted by molar-refractivity contribution is 7.87. The van der Waals surface area contributed by atoms with Gasteiger partial charge < -0.3 is 4.90 Å². The van der Waals surface area contributed by atoms with Gasteiger partial charge in [-0.15, -0.1) is 0 Å². The molecule has 1 aromatic heterocycles. The number of hydrogen-bond acceptors (Lipinski definition) is 4. The average molecular weight is 300 g/mol. The van der Waals surface area contributed by atoms with Crippen LogP contribution in [0.4, 0.5) is 5.82 Å². The van der Waals surface area contributed by atoms with Crippen molar-refractivity contribution in [2.24, 2.45) is 0 Å². The van der Waals surface area contributed by atoms with E-state index in [1.165, 1.54) is 4.31 Å². The summed E-state index contributed by atoms with van der Waals surface area (Å²) in [6.45, 7) is 2.83. The molecule has 0 unspecified atom stereocenters. The molecule has 0 saturated carbocycles. The molecule has 0 spiro atoms. The maximum Gasteiger partial charge on any atom is 0.279 e. The number of anilines is 1. The van der Waals surface area contributed by atoms with Gasteiger partial charge in [-0.05, 0) is 24.1 Å². The molecule has 0 fully saturated rings. The summed E-state index contributed by atoms with van der Waals surface area (Å²) in [4.78, 5) is 6.08. The fourth-order valence-corrected chi connectivity index (χ4v) is 2.54. The second kappa shape index (κ2) is 7.56. The molecule has 1 rings (SSSR count). The fourth-order valence-electron chi connectivity index (χ4n) is 1.60. The summed E-state index contributed by atoms with van der Waals surface area (Å²) in [7, 11) is 1.97. The van der Waals surface area contributed by atoms with E-state index in [1.54, 1.807) is 13.2 Å². The molecule has 1 aromatic rings. The molecule has 0 radical (unpaired) electrons. The molecule has 1 heterocycles. The van der Waals surface area contributed by atoms with Crippen LogP contribution in [0.15, 0.2) is 18.3 Å². The van der Waals surface area contributed by atoms with Crippen molar-refractivity contribution in [3.05, 3.63) is 23.9 Å². The van der Waals surface area contributed by atoms with Crippen LogP contribution in [0.25, 0.3) is 0 Å². The molecule has 0 atom stereocenters. The van der Waals surface area contributed by atoms with E-state index in [4.69, 9.17) is 0 Å². The number of hydrogen-bond donors (Lipinski definition) is 1. The Labute approximate surface area is 122 Å². The van der Waals surface area contributed by atoms with Gasteiger partial charge in [0.05, 0.1) is 0 Å². The maximum atomic E-state index is 12.0. The van der Waals surface area contributed by atoms with Crippen LogP contribution in [-0.2, 0) is 16.8 Å². The van der Waals surface area contributed by atoms with Crippen LogP contribution in [0, 0.1) is 0 Å². The number of pyridine rings is 1. The summed E-state index contributed by atoms with van der Waals surface area (Å²) in [5.74, 6) is 0.807. The van der Waals surface area contributed by atoms with E-state index in [1.807, 2.05) is 38.1 Å². The van der Waals surface area contributed by atoms with Crippen molar-refractivity contribution in [2.75, 3.05) is 32.6 Å². The van der Waals surface area contributed by atoms with Crippen LogP contribution in [-0.4, -0.2) is 45.4 Å². The Bertz CT molecular complexity index is 517. The SMILES string of the molecule is CCCCN(C)S(=O)(=O)NCc1ccnc(N(C)C)c1. The average Bonchev–Trinajstić information content (AvgIpc) is 2.42. The Morgan fingerprint density at radius 2 is 2.00 bits per heavy atom. The van der Waals surface area contributed by atoms with Crippen LogP contribution in [0.5, 0.6) is 0 Å². The molecule has 20 heavy (non-hydrogen) atoms. The second-order valence-electron chi connectivity index (χ2n) is 4.92. The first-order chi connectivity index (χ1) is 9.36. The first-order valence-electron chi connectivity index (χ1n) is 6.70. The molecule has 0 saturated heterocycles. The smallest absolute Gasteiger partial charge is 0.279 e. The molecular weight excluding hydrogens is 276 g/mol. The van der Waals surface area contributed by atoms with Crippen molar-refractivity contribution in [1.29, 1.82) is 0 Å². The lowest BCUT2D eigenvalue weighted by atomic mass is 10.2. The fraction of sp³-hybridized carbons (Fsp3) is 0.615. The summed E-state index contributed by atoms with van der Waals surface area (Å²) < 4.78 is 28.0. The third-order valence-corrected chi connectivity index (χ3v) is 4.48. The predicted molar refractivity (Wildman–Crippen MR) is 81.9 cm³/mol. The van der Waals surface area contributed by atoms with Crippen LogP contribution >= 0.6 is 0 Å². The lowest BCUT2D eigenvalue weighted by molar-refractivity contribution is 0.448. The largest absolute Gasteiger partial charge is 0.363 e. The minimum atomic E-state index is -3.41. The first-order valence-corrected chi connectivity index (χ1v) is 8.14. The van der Waals surface area contributed by atoms with Gasteiger partial charge in [0, 0.05) is 40.4 Å². The van der Waals surface area contributed by atoms with Gasteiger partial charge in [-0.2, -0.15) is 17.4 Å². The van der Waals surface area contributed by atoms with E-state index in [0.717, 1.165) is 24.2 Å². The van der Waals surface area contributed by atoms with E-state index in [-0.39, 0.29) is 6.54 Å². The van der Waals surface area contributed by atoms with Gasteiger partial charge in [0.2, 0.25) is 0 Å². The van der Waals surface area contributed by atoms with Crippen molar-refractivity contribution in [1.82, 2.24) is 14.0 Å². The number of nitrogens with one attached hydrogen (secondary N) is 1. The van der Waals surface area contributed by atoms with Gasteiger partial charge in [0.15, 0.2) is 0 Å². The minimum Gasteiger partial charge on any atom is -0.363 e. The summed E-state index contributed by atoms with van der Waals surface area (Å²) in [6.07, 6.45) is 3.51. The zero-order chi connectivity index (χ0) is 15.2. The van der Waals surface area contributed by atoms with Crippen LogP contribution in [0.2, 0.25) is 0 Å². The van der Waals surface area contributed by atoms with Crippen molar-refractivity contribution < 1.29 is 8.42 Å². The molecule has 7 heteroatoms. The highest BCUT2D eigenvalue weighted by atomic mass is 32.2. The van der Waals surface area contributed by atoms with Gasteiger partial charge in [-0.1, -0.05) is 13.3 Å². The van der Waals surface area contributed by atoms with Crippen molar-refractivity contribution in [3.63, 3.8) is 0 Å². The van der Waals surface area contributed by atoms with Gasteiger partial charge in [-0.3, -0.25) is 0 Å². The van der Waals surface area contributed by atoms with E-state index >= 15 is 0 Å². The van der Waals surface area contributed by atoms with E-state index in [2.05, 4.69) is 9.71 Å². The quantitative estimate of drug-likeness (QED) is 0.784. The zero-order valence-corrected chi connectivity index (χ0v) is 13.4. The van der Waals surface area contributed by atoms with Gasteiger partial charge in [0.25, 0.3) is 10.2 Å². The van der Waals surface area contributed by atoms with Gasteiger partial charge in [0.1, 0.15) is 5.82 Å². The number of nitrogens with zero attached hydrogens (tertiary/aromatic N) is 3. The summed E-state index contributed by atoms with van der Waals surface area (Å²) >= 11 is 0. The third-order valence-electron chi connectivity index (χ3n) is 2.96. The third kappa shape index (κ3) is 5.07. The van der Waals surface area contributed by atoms with Gasteiger partial charge >= 0.3 is 0 Å². The summed E-state index contributed by atoms with van der Waals surface area (Å²) in [6, 6.07) is 3.68. The van der Waals surface area contributed by atoms with Crippen molar-refractivity contribution >= 4 is 16.0 Å². The molecular formula is C13H24N4O2S. The summed E-state index contributed by atoms with van der Waals surface area (Å²) in [5, 5.41) is 0. The molecule has 0 aliphatic rings. The standard InChI is InChI=1S/C13H24N4O2S/c1-5-6-9-17(4)20(18,19)15-11-12-7-8-14-13(10-12)16(2)3/h7-8,10,15H,5-6,9,11H2,1-4H3. The van der Waals surface area contributed by atoms with E-state index in [0.29, 0.717) is 6.54 Å². The van der Waals surface area contributed by atoms with Gasteiger partial charge in [-0.25, -0.2) is 4.98 Å². The predicted octanol–water partition coefficient (Wildman–Crippen LogP) is 1.21. The lowest BCUT2D eigenvalue weighted by Crippen LogP contribution is -2.38. The molecule has 114 valence electrons. The maximum absolute atomic E-state index is 12.0. The molecule has 1 N–H and O–H groups in total. The molecule has 0 aliphatic heterocycles. The minimum absolute atomic E-state index is 0.266. The van der Waals surface area contributed by atoms with Crippen molar-refractivity contribution in [3.8, 4) is 0 Å². The Morgan fingerprint density at radius 1 is 1.30 bits per heavy atom. The van der Waals surface area contributed by atoms with Crippen LogP contribution in [0.3, 0.4) is 0 Å². The topological polar surface area (TPSA) is 65.5 Å². The lowest BCUT2D eigenvalue weighted by Gasteiger charge is -2.18. The number of unbranched alkanes of at least 4 members (excludes halogenated alkanes) is 1. The first kappa shape index (κ1) is 16.9. The second-order valence-corrected chi connectivity index (χ2v) is 6.78. The molecule has 0 amide bonds. The highest BCUT2D eigenvalue weighted by Crippen LogP contribution is 2.10. The van der Waals surface area contributed by atoms with Crippen molar-refractivity contribution in [2.45, 2.75) is 26.3 Å². The number of aromatic nitrogens is 1. The Kier molecular flexibility index (Phi) is 6.38. The summed E-state index contributed by atoms with van der Waals surface area (Å²) in [5.41, 5.74) is 0.885. The van der Waals surface area contributed by atoms with E-state index < -0.39 is 10.2 Å². The van der Waals surface area contributed by atoms with Crippen LogP contribution < -0.4 is 9.62 Å². The molecule has 0 bridgehead atoms. The Balaban J connectivity index is 2.64. The molecule has 0 aromatic carbocycles. The zero-order valence-electron chi connectivity index (χ0n) is 12.6. The normalized spacial score (nSPS) is 11.8.